The van der Waals surface area contributed by atoms with Gasteiger partial charge in [0.1, 0.15) is 46.0 Å². The highest BCUT2D eigenvalue weighted by molar-refractivity contribution is 5.57. The highest BCUT2D eigenvalue weighted by Gasteiger charge is 2.30. The summed E-state index contributed by atoms with van der Waals surface area (Å²) in [6.07, 6.45) is 6.70. The van der Waals surface area contributed by atoms with Gasteiger partial charge in [0.15, 0.2) is 0 Å². The number of ether oxygens (including phenoxy) is 3. The molecule has 0 saturated heterocycles. The quantitative estimate of drug-likeness (QED) is 0.0993. The van der Waals surface area contributed by atoms with Crippen molar-refractivity contribution in [1.82, 2.24) is 0 Å². The number of phenolic OH excluding ortho intramolecular Hbond substituents is 5. The number of benzene rings is 5. The number of fused-ring (bicyclic) bond motifs is 5. The van der Waals surface area contributed by atoms with E-state index in [1.807, 2.05) is 54.6 Å². The third kappa shape index (κ3) is 8.24. The minimum atomic E-state index is -0.521. The van der Waals surface area contributed by atoms with Crippen molar-refractivity contribution in [2.24, 2.45) is 0 Å². The minimum Gasteiger partial charge on any atom is -0.508 e. The van der Waals surface area contributed by atoms with E-state index in [-0.39, 0.29) is 40.4 Å². The molecule has 3 unspecified atom stereocenters. The van der Waals surface area contributed by atoms with E-state index in [4.69, 9.17) is 14.2 Å². The molecule has 294 valence electrons. The van der Waals surface area contributed by atoms with E-state index in [9.17, 15) is 30.6 Å². The number of aliphatic hydroxyl groups is 1. The lowest BCUT2D eigenvalue weighted by atomic mass is 9.76. The van der Waals surface area contributed by atoms with Crippen molar-refractivity contribution in [2.75, 3.05) is 21.3 Å². The first-order valence-corrected chi connectivity index (χ1v) is 19.1. The summed E-state index contributed by atoms with van der Waals surface area (Å²) >= 11 is 0. The number of allylic oxidation sites excluding steroid dienone is 5. The lowest BCUT2D eigenvalue weighted by Gasteiger charge is -2.29. The Balaban J connectivity index is 1.53. The van der Waals surface area contributed by atoms with Crippen molar-refractivity contribution in [3.8, 4) is 40.2 Å². The van der Waals surface area contributed by atoms with Crippen molar-refractivity contribution in [1.29, 1.82) is 0 Å². The van der Waals surface area contributed by atoms with Crippen LogP contribution in [0, 0.1) is 0 Å². The van der Waals surface area contributed by atoms with Crippen LogP contribution in [-0.4, -0.2) is 52.0 Å². The van der Waals surface area contributed by atoms with Gasteiger partial charge < -0.3 is 44.8 Å². The van der Waals surface area contributed by atoms with Crippen LogP contribution in [-0.2, 0) is 17.6 Å². The third-order valence-corrected chi connectivity index (χ3v) is 11.4. The average Bonchev–Trinajstić information content (AvgIpc) is 3.20. The van der Waals surface area contributed by atoms with Crippen LogP contribution in [0.4, 0.5) is 0 Å². The highest BCUT2D eigenvalue weighted by atomic mass is 16.5. The molecule has 0 fully saturated rings. The Morgan fingerprint density at radius 1 is 0.474 bits per heavy atom. The normalized spacial score (nSPS) is 18.8. The van der Waals surface area contributed by atoms with Crippen LogP contribution in [0.2, 0.25) is 0 Å². The molecule has 0 aromatic heterocycles. The van der Waals surface area contributed by atoms with Crippen LogP contribution in [0.5, 0.6) is 40.2 Å². The van der Waals surface area contributed by atoms with Gasteiger partial charge in [-0.15, -0.1) is 0 Å². The van der Waals surface area contributed by atoms with Gasteiger partial charge in [0.05, 0.1) is 27.1 Å². The first-order chi connectivity index (χ1) is 27.6. The Morgan fingerprint density at radius 2 is 0.947 bits per heavy atom. The molecule has 2 aliphatic carbocycles. The molecule has 0 aliphatic heterocycles. The smallest absolute Gasteiger partial charge is 0.125 e. The number of rotatable bonds is 6. The molecule has 3 atom stereocenters. The van der Waals surface area contributed by atoms with Crippen molar-refractivity contribution < 1.29 is 44.8 Å². The van der Waals surface area contributed by atoms with Gasteiger partial charge >= 0.3 is 0 Å². The second-order valence-electron chi connectivity index (χ2n) is 14.7. The largest absolute Gasteiger partial charge is 0.508 e. The van der Waals surface area contributed by atoms with E-state index < -0.39 is 11.8 Å². The van der Waals surface area contributed by atoms with Gasteiger partial charge in [-0.1, -0.05) is 48.0 Å². The molecule has 0 heterocycles. The number of aryl methyl sites for hydroxylation is 2. The molecule has 0 spiro atoms. The zero-order valence-electron chi connectivity index (χ0n) is 32.3. The molecule has 2 aliphatic rings. The molecule has 6 bridgehead atoms. The Morgan fingerprint density at radius 3 is 1.47 bits per heavy atom. The molecule has 0 amide bonds. The fourth-order valence-corrected chi connectivity index (χ4v) is 8.41. The standard InChI is InChI=1S/C48H48O9/c1-55-37-19-10-33-24-41(43(52)25-37)39(29-6-15-35(50)16-7-29)20-11-31-22-40(44(53)26-46(31)56-2)38(28-4-13-34(49)14-5-28)21-12-32-23-42(45(54)27-47(32)57-3)48(33)30-8-17-36(51)18-9-30/h4-9,13-18,22-27,38-39,48-54H,10-12,19-21H2,1-3H3. The number of hydrogen-bond acceptors (Lipinski definition) is 9. The first kappa shape index (κ1) is 38.8. The van der Waals surface area contributed by atoms with Gasteiger partial charge in [-0.25, -0.2) is 0 Å². The molecule has 7 rings (SSSR count). The Hall–Kier alpha value is -6.48. The molecule has 57 heavy (non-hydrogen) atoms. The second-order valence-corrected chi connectivity index (χ2v) is 14.7. The van der Waals surface area contributed by atoms with Crippen LogP contribution in [0.1, 0.15) is 82.4 Å². The Kier molecular flexibility index (Phi) is 11.4. The third-order valence-electron chi connectivity index (χ3n) is 11.4. The summed E-state index contributed by atoms with van der Waals surface area (Å²) in [5.74, 6) is 0.853. The van der Waals surface area contributed by atoms with Crippen molar-refractivity contribution >= 4 is 0 Å². The van der Waals surface area contributed by atoms with E-state index in [2.05, 4.69) is 0 Å². The van der Waals surface area contributed by atoms with Gasteiger partial charge in [-0.2, -0.15) is 0 Å². The van der Waals surface area contributed by atoms with E-state index in [0.29, 0.717) is 72.5 Å². The lowest BCUT2D eigenvalue weighted by molar-refractivity contribution is 0.272. The Labute approximate surface area is 332 Å². The SMILES string of the molecule is COC1=CC(O)=C2C=C(CC1)C(c1ccc(O)cc1)c1cc(c(OC)cc1O)CCC(c1ccc(O)cc1)c1cc(c(OC)cc1O)CCC2c1ccc(O)cc1. The first-order valence-electron chi connectivity index (χ1n) is 19.1. The maximum absolute atomic E-state index is 12.1. The predicted molar refractivity (Wildman–Crippen MR) is 219 cm³/mol. The summed E-state index contributed by atoms with van der Waals surface area (Å²) < 4.78 is 17.5. The van der Waals surface area contributed by atoms with Gasteiger partial charge in [0.2, 0.25) is 0 Å². The van der Waals surface area contributed by atoms with Crippen molar-refractivity contribution in [2.45, 2.75) is 56.3 Å². The Bertz CT molecular complexity index is 2320. The van der Waals surface area contributed by atoms with E-state index in [1.54, 1.807) is 75.9 Å². The molecular weight excluding hydrogens is 721 g/mol. The van der Waals surface area contributed by atoms with E-state index in [1.165, 1.54) is 0 Å². The van der Waals surface area contributed by atoms with Crippen molar-refractivity contribution in [3.05, 3.63) is 171 Å². The van der Waals surface area contributed by atoms with Gasteiger partial charge in [-0.05, 0) is 108 Å². The second kappa shape index (κ2) is 16.7. The molecular formula is C48H48O9. The number of phenols is 5. The summed E-state index contributed by atoms with van der Waals surface area (Å²) in [5.41, 5.74) is 7.10. The van der Waals surface area contributed by atoms with Crippen molar-refractivity contribution in [3.63, 3.8) is 0 Å². The molecule has 5 aromatic rings. The molecule has 5 aromatic carbocycles. The number of aromatic hydroxyl groups is 5. The average molecular weight is 769 g/mol. The zero-order valence-corrected chi connectivity index (χ0v) is 32.3. The van der Waals surface area contributed by atoms with Gasteiger partial charge in [0.25, 0.3) is 0 Å². The van der Waals surface area contributed by atoms with Gasteiger partial charge in [-0.3, -0.25) is 0 Å². The fraction of sp³-hybridized carbons (Fsp3) is 0.250. The highest BCUT2D eigenvalue weighted by Crippen LogP contribution is 2.47. The molecule has 9 nitrogen and oxygen atoms in total. The topological polar surface area (TPSA) is 149 Å². The number of aliphatic hydroxyl groups excluding tert-OH is 1. The molecule has 6 N–H and O–H groups in total. The van der Waals surface area contributed by atoms with Gasteiger partial charge in [0, 0.05) is 59.1 Å². The van der Waals surface area contributed by atoms with Crippen LogP contribution in [0.3, 0.4) is 0 Å². The summed E-state index contributed by atoms with van der Waals surface area (Å²) in [4.78, 5) is 0. The summed E-state index contributed by atoms with van der Waals surface area (Å²) in [5, 5.41) is 66.5. The molecule has 0 saturated carbocycles. The summed E-state index contributed by atoms with van der Waals surface area (Å²) in [6.45, 7) is 0. The summed E-state index contributed by atoms with van der Waals surface area (Å²) in [6, 6.07) is 28.2. The minimum absolute atomic E-state index is 0.0256. The van der Waals surface area contributed by atoms with E-state index in [0.717, 1.165) is 33.4 Å². The summed E-state index contributed by atoms with van der Waals surface area (Å²) in [7, 11) is 4.73. The monoisotopic (exact) mass is 768 g/mol. The van der Waals surface area contributed by atoms with Crippen LogP contribution >= 0.6 is 0 Å². The van der Waals surface area contributed by atoms with Crippen LogP contribution in [0.25, 0.3) is 0 Å². The van der Waals surface area contributed by atoms with Crippen LogP contribution < -0.4 is 9.47 Å². The molecule has 9 heteroatoms. The fourth-order valence-electron chi connectivity index (χ4n) is 8.41. The maximum atomic E-state index is 12.1. The number of methoxy groups -OCH3 is 3. The maximum Gasteiger partial charge on any atom is 0.125 e. The molecule has 0 radical (unpaired) electrons. The predicted octanol–water partition coefficient (Wildman–Crippen LogP) is 9.92. The number of hydrogen-bond donors (Lipinski definition) is 6. The van der Waals surface area contributed by atoms with Crippen LogP contribution in [0.15, 0.2) is 132 Å². The zero-order chi connectivity index (χ0) is 40.2. The lowest BCUT2D eigenvalue weighted by Crippen LogP contribution is -2.13. The van der Waals surface area contributed by atoms with E-state index >= 15 is 0 Å².